The number of nitrogens with one attached hydrogen (secondary N) is 1. The Bertz CT molecular complexity index is 767. The Labute approximate surface area is 116 Å². The van der Waals surface area contributed by atoms with Crippen LogP contribution in [0.25, 0.3) is 10.9 Å². The predicted molar refractivity (Wildman–Crippen MR) is 80.6 cm³/mol. The van der Waals surface area contributed by atoms with Gasteiger partial charge < -0.3 is 11.1 Å². The van der Waals surface area contributed by atoms with Gasteiger partial charge in [0.1, 0.15) is 5.82 Å². The predicted octanol–water partition coefficient (Wildman–Crippen LogP) is 4.01. The number of hydrogen-bond acceptors (Lipinski definition) is 3. The van der Waals surface area contributed by atoms with Crippen molar-refractivity contribution >= 4 is 28.0 Å². The molecule has 1 aromatic heterocycles. The number of benzene rings is 2. The summed E-state index contributed by atoms with van der Waals surface area (Å²) < 4.78 is 12.9. The van der Waals surface area contributed by atoms with Crippen LogP contribution >= 0.6 is 0 Å². The van der Waals surface area contributed by atoms with Crippen LogP contribution in [0.3, 0.4) is 0 Å². The van der Waals surface area contributed by atoms with Crippen molar-refractivity contribution in [3.8, 4) is 0 Å². The lowest BCUT2D eigenvalue weighted by molar-refractivity contribution is 0.628. The molecule has 3 N–H and O–H groups in total. The van der Waals surface area contributed by atoms with Crippen LogP contribution in [0.4, 0.5) is 21.5 Å². The van der Waals surface area contributed by atoms with Crippen LogP contribution < -0.4 is 11.1 Å². The fraction of sp³-hybridized carbons (Fsp3) is 0.0625. The molecule has 1 heterocycles. The molecule has 3 nitrogen and oxygen atoms in total. The number of aromatic nitrogens is 1. The van der Waals surface area contributed by atoms with Gasteiger partial charge in [-0.2, -0.15) is 0 Å². The number of pyridine rings is 1. The van der Waals surface area contributed by atoms with E-state index in [4.69, 9.17) is 5.73 Å². The second kappa shape index (κ2) is 4.81. The summed E-state index contributed by atoms with van der Waals surface area (Å²) in [6.07, 6.45) is 1.63. The molecular formula is C16H14FN3. The quantitative estimate of drug-likeness (QED) is 0.737. The second-order valence-electron chi connectivity index (χ2n) is 4.74. The number of hydrogen-bond donors (Lipinski definition) is 2. The van der Waals surface area contributed by atoms with Gasteiger partial charge in [0.15, 0.2) is 0 Å². The molecule has 4 heteroatoms. The number of anilines is 3. The maximum Gasteiger partial charge on any atom is 0.123 e. The van der Waals surface area contributed by atoms with Gasteiger partial charge in [-0.15, -0.1) is 0 Å². The van der Waals surface area contributed by atoms with Gasteiger partial charge in [0.2, 0.25) is 0 Å². The molecule has 3 aromatic rings. The molecule has 0 saturated carbocycles. The minimum Gasteiger partial charge on any atom is -0.396 e. The number of aryl methyl sites for hydroxylation is 1. The van der Waals surface area contributed by atoms with E-state index in [1.165, 1.54) is 12.1 Å². The van der Waals surface area contributed by atoms with Crippen molar-refractivity contribution in [1.82, 2.24) is 4.98 Å². The number of nitrogen functional groups attached to an aromatic ring is 1. The standard InChI is InChI=1S/C16H14FN3/c1-10-2-7-13-15(8-10)19-9-14(18)16(13)20-12-5-3-11(17)4-6-12/h2-9H,18H2,1H3,(H,19,20). The normalized spacial score (nSPS) is 10.7. The van der Waals surface area contributed by atoms with Crippen LogP contribution in [0.5, 0.6) is 0 Å². The zero-order chi connectivity index (χ0) is 14.1. The Morgan fingerprint density at radius 1 is 1.10 bits per heavy atom. The fourth-order valence-corrected chi connectivity index (χ4v) is 2.14. The van der Waals surface area contributed by atoms with Crippen molar-refractivity contribution in [2.24, 2.45) is 0 Å². The van der Waals surface area contributed by atoms with Crippen LogP contribution in [-0.4, -0.2) is 4.98 Å². The monoisotopic (exact) mass is 267 g/mol. The molecule has 0 spiro atoms. The number of rotatable bonds is 2. The van der Waals surface area contributed by atoms with E-state index in [0.717, 1.165) is 27.8 Å². The van der Waals surface area contributed by atoms with Gasteiger partial charge in [-0.3, -0.25) is 4.98 Å². The summed E-state index contributed by atoms with van der Waals surface area (Å²) in [4.78, 5) is 4.33. The molecule has 2 aromatic carbocycles. The van der Waals surface area contributed by atoms with Gasteiger partial charge in [0.25, 0.3) is 0 Å². The van der Waals surface area contributed by atoms with E-state index < -0.39 is 0 Å². The number of fused-ring (bicyclic) bond motifs is 1. The van der Waals surface area contributed by atoms with Crippen molar-refractivity contribution in [1.29, 1.82) is 0 Å². The highest BCUT2D eigenvalue weighted by atomic mass is 19.1. The molecule has 0 saturated heterocycles. The van der Waals surface area contributed by atoms with Crippen LogP contribution in [0.15, 0.2) is 48.7 Å². The van der Waals surface area contributed by atoms with Crippen LogP contribution in [-0.2, 0) is 0 Å². The Hall–Kier alpha value is -2.62. The van der Waals surface area contributed by atoms with Crippen molar-refractivity contribution in [3.05, 3.63) is 60.0 Å². The molecular weight excluding hydrogens is 253 g/mol. The Balaban J connectivity index is 2.10. The summed E-state index contributed by atoms with van der Waals surface area (Å²) in [5, 5.41) is 4.17. The first kappa shape index (κ1) is 12.4. The molecule has 0 unspecified atom stereocenters. The summed E-state index contributed by atoms with van der Waals surface area (Å²) in [7, 11) is 0. The van der Waals surface area contributed by atoms with Gasteiger partial charge in [0, 0.05) is 11.1 Å². The van der Waals surface area contributed by atoms with Gasteiger partial charge in [-0.25, -0.2) is 4.39 Å². The largest absolute Gasteiger partial charge is 0.396 e. The van der Waals surface area contributed by atoms with E-state index in [2.05, 4.69) is 10.3 Å². The Kier molecular flexibility index (Phi) is 2.99. The number of nitrogens with zero attached hydrogens (tertiary/aromatic N) is 1. The van der Waals surface area contributed by atoms with Gasteiger partial charge in [-0.05, 0) is 42.8 Å². The van der Waals surface area contributed by atoms with Crippen molar-refractivity contribution in [2.45, 2.75) is 6.92 Å². The first-order valence-electron chi connectivity index (χ1n) is 6.31. The fourth-order valence-electron chi connectivity index (χ4n) is 2.14. The van der Waals surface area contributed by atoms with Gasteiger partial charge in [-0.1, -0.05) is 12.1 Å². The summed E-state index contributed by atoms with van der Waals surface area (Å²) >= 11 is 0. The lowest BCUT2D eigenvalue weighted by Gasteiger charge is -2.12. The summed E-state index contributed by atoms with van der Waals surface area (Å²) in [6, 6.07) is 12.2. The molecule has 0 atom stereocenters. The van der Waals surface area contributed by atoms with E-state index in [1.807, 2.05) is 25.1 Å². The summed E-state index contributed by atoms with van der Waals surface area (Å²) in [5.41, 5.74) is 10.2. The first-order valence-corrected chi connectivity index (χ1v) is 6.31. The minimum atomic E-state index is -0.265. The average molecular weight is 267 g/mol. The lowest BCUT2D eigenvalue weighted by Crippen LogP contribution is -1.99. The molecule has 0 radical (unpaired) electrons. The first-order chi connectivity index (χ1) is 9.63. The minimum absolute atomic E-state index is 0.265. The zero-order valence-corrected chi connectivity index (χ0v) is 11.0. The van der Waals surface area contributed by atoms with Crippen LogP contribution in [0, 0.1) is 12.7 Å². The maximum atomic E-state index is 12.9. The molecule has 0 amide bonds. The SMILES string of the molecule is Cc1ccc2c(Nc3ccc(F)cc3)c(N)cnc2c1. The molecule has 100 valence electrons. The lowest BCUT2D eigenvalue weighted by atomic mass is 10.1. The smallest absolute Gasteiger partial charge is 0.123 e. The molecule has 3 rings (SSSR count). The van der Waals surface area contributed by atoms with E-state index in [-0.39, 0.29) is 5.82 Å². The van der Waals surface area contributed by atoms with Crippen LogP contribution in [0.1, 0.15) is 5.56 Å². The average Bonchev–Trinajstić information content (AvgIpc) is 2.44. The highest BCUT2D eigenvalue weighted by Gasteiger charge is 2.07. The molecule has 0 aliphatic heterocycles. The summed E-state index contributed by atoms with van der Waals surface area (Å²) in [6.45, 7) is 2.02. The third kappa shape index (κ3) is 2.28. The highest BCUT2D eigenvalue weighted by Crippen LogP contribution is 2.31. The Morgan fingerprint density at radius 2 is 1.85 bits per heavy atom. The topological polar surface area (TPSA) is 50.9 Å². The molecule has 20 heavy (non-hydrogen) atoms. The number of halogens is 1. The number of nitrogens with two attached hydrogens (primary N) is 1. The zero-order valence-electron chi connectivity index (χ0n) is 11.0. The third-order valence-corrected chi connectivity index (χ3v) is 3.17. The van der Waals surface area contributed by atoms with Crippen molar-refractivity contribution in [3.63, 3.8) is 0 Å². The van der Waals surface area contributed by atoms with Crippen molar-refractivity contribution in [2.75, 3.05) is 11.1 Å². The molecule has 0 aliphatic carbocycles. The van der Waals surface area contributed by atoms with Crippen LogP contribution in [0.2, 0.25) is 0 Å². The Morgan fingerprint density at radius 3 is 2.60 bits per heavy atom. The van der Waals surface area contributed by atoms with E-state index in [1.54, 1.807) is 18.3 Å². The van der Waals surface area contributed by atoms with Gasteiger partial charge >= 0.3 is 0 Å². The molecule has 0 fully saturated rings. The third-order valence-electron chi connectivity index (χ3n) is 3.17. The molecule has 0 bridgehead atoms. The van der Waals surface area contributed by atoms with E-state index in [9.17, 15) is 4.39 Å². The maximum absolute atomic E-state index is 12.9. The summed E-state index contributed by atoms with van der Waals surface area (Å²) in [5.74, 6) is -0.265. The van der Waals surface area contributed by atoms with E-state index in [0.29, 0.717) is 5.69 Å². The highest BCUT2D eigenvalue weighted by molar-refractivity contribution is 5.98. The molecule has 0 aliphatic rings. The van der Waals surface area contributed by atoms with Gasteiger partial charge in [0.05, 0.1) is 23.1 Å². The second-order valence-corrected chi connectivity index (χ2v) is 4.74. The van der Waals surface area contributed by atoms with E-state index >= 15 is 0 Å². The van der Waals surface area contributed by atoms with Crippen molar-refractivity contribution < 1.29 is 4.39 Å².